The van der Waals surface area contributed by atoms with Crippen LogP contribution in [-0.2, 0) is 6.54 Å². The average Bonchev–Trinajstić information content (AvgIpc) is 3.27. The first kappa shape index (κ1) is 21.2. The highest BCUT2D eigenvalue weighted by Gasteiger charge is 2.19. The number of hydrogen-bond acceptors (Lipinski definition) is 8. The number of thioether (sulfide) groups is 1. The Morgan fingerprint density at radius 2 is 1.91 bits per heavy atom. The lowest BCUT2D eigenvalue weighted by molar-refractivity contribution is 0.246. The maximum atomic E-state index is 10.1. The van der Waals surface area contributed by atoms with Gasteiger partial charge >= 0.3 is 0 Å². The maximum absolute atomic E-state index is 10.1. The fourth-order valence-electron chi connectivity index (χ4n) is 4.13. The van der Waals surface area contributed by atoms with Gasteiger partial charge in [-0.3, -0.25) is 9.88 Å². The first-order valence-electron chi connectivity index (χ1n) is 10.7. The summed E-state index contributed by atoms with van der Waals surface area (Å²) in [7, 11) is 0. The van der Waals surface area contributed by atoms with Gasteiger partial charge in [0.05, 0.1) is 29.2 Å². The van der Waals surface area contributed by atoms with Crippen molar-refractivity contribution in [2.45, 2.75) is 11.4 Å². The summed E-state index contributed by atoms with van der Waals surface area (Å²) in [6.45, 7) is 4.54. The molecule has 1 N–H and O–H groups in total. The second-order valence-electron chi connectivity index (χ2n) is 7.93. The minimum atomic E-state index is 0.0860. The van der Waals surface area contributed by atoms with Crippen molar-refractivity contribution in [1.82, 2.24) is 24.5 Å². The Balaban J connectivity index is 1.28. The Bertz CT molecular complexity index is 1300. The highest BCUT2D eigenvalue weighted by molar-refractivity contribution is 7.98. The zero-order chi connectivity index (χ0) is 22.8. The summed E-state index contributed by atoms with van der Waals surface area (Å²) in [4.78, 5) is 15.1. The predicted octanol–water partition coefficient (Wildman–Crippen LogP) is 3.41. The van der Waals surface area contributed by atoms with Crippen molar-refractivity contribution in [2.24, 2.45) is 0 Å². The van der Waals surface area contributed by atoms with E-state index in [9.17, 15) is 10.4 Å². The van der Waals surface area contributed by atoms with E-state index >= 15 is 0 Å². The number of anilines is 1. The van der Waals surface area contributed by atoms with Crippen LogP contribution in [0.3, 0.4) is 0 Å². The number of nitrogens with zero attached hydrogens (tertiary/aromatic N) is 7. The van der Waals surface area contributed by atoms with Crippen molar-refractivity contribution in [3.63, 3.8) is 0 Å². The third-order valence-corrected chi connectivity index (χ3v) is 6.60. The Morgan fingerprint density at radius 1 is 1.06 bits per heavy atom. The monoisotopic (exact) mass is 457 g/mol. The molecular weight excluding hydrogens is 434 g/mol. The molecule has 0 radical (unpaired) electrons. The van der Waals surface area contributed by atoms with Crippen LogP contribution in [0.2, 0.25) is 0 Å². The lowest BCUT2D eigenvalue weighted by Gasteiger charge is -2.35. The smallest absolute Gasteiger partial charge is 0.134 e. The van der Waals surface area contributed by atoms with Gasteiger partial charge in [0.1, 0.15) is 17.6 Å². The Hall–Kier alpha value is -3.61. The van der Waals surface area contributed by atoms with Gasteiger partial charge in [0.15, 0.2) is 0 Å². The second kappa shape index (κ2) is 9.10. The van der Waals surface area contributed by atoms with E-state index in [4.69, 9.17) is 0 Å². The van der Waals surface area contributed by atoms with Crippen molar-refractivity contribution in [3.05, 3.63) is 66.4 Å². The van der Waals surface area contributed by atoms with E-state index in [0.717, 1.165) is 55.4 Å². The quantitative estimate of drug-likeness (QED) is 0.456. The number of pyridine rings is 3. The van der Waals surface area contributed by atoms with Gasteiger partial charge in [-0.25, -0.2) is 9.50 Å². The molecule has 5 rings (SSSR count). The second-order valence-corrected chi connectivity index (χ2v) is 8.81. The minimum Gasteiger partial charge on any atom is -0.506 e. The van der Waals surface area contributed by atoms with Crippen molar-refractivity contribution < 1.29 is 5.11 Å². The van der Waals surface area contributed by atoms with Gasteiger partial charge in [-0.2, -0.15) is 10.4 Å². The summed E-state index contributed by atoms with van der Waals surface area (Å²) in [6, 6.07) is 12.0. The van der Waals surface area contributed by atoms with Crippen LogP contribution in [0.4, 0.5) is 5.82 Å². The molecule has 4 aromatic heterocycles. The summed E-state index contributed by atoms with van der Waals surface area (Å²) in [5.41, 5.74) is 3.78. The molecule has 0 saturated carbocycles. The van der Waals surface area contributed by atoms with Crippen molar-refractivity contribution in [1.29, 1.82) is 5.26 Å². The van der Waals surface area contributed by atoms with Crippen LogP contribution in [0.25, 0.3) is 16.6 Å². The molecule has 1 fully saturated rings. The van der Waals surface area contributed by atoms with Crippen LogP contribution in [0.1, 0.15) is 11.3 Å². The summed E-state index contributed by atoms with van der Waals surface area (Å²) < 4.78 is 1.53. The fourth-order valence-corrected chi connectivity index (χ4v) is 4.49. The third-order valence-electron chi connectivity index (χ3n) is 5.89. The summed E-state index contributed by atoms with van der Waals surface area (Å²) in [5, 5.41) is 23.7. The summed E-state index contributed by atoms with van der Waals surface area (Å²) in [5.74, 6) is 1.01. The van der Waals surface area contributed by atoms with Crippen LogP contribution in [0.15, 0.2) is 60.0 Å². The number of nitriles is 1. The molecule has 5 heterocycles. The number of piperazine rings is 1. The number of fused-ring (bicyclic) bond motifs is 1. The highest BCUT2D eigenvalue weighted by atomic mass is 32.2. The largest absolute Gasteiger partial charge is 0.506 e. The summed E-state index contributed by atoms with van der Waals surface area (Å²) in [6.07, 6.45) is 8.79. The molecule has 4 aromatic rings. The van der Waals surface area contributed by atoms with Gasteiger partial charge < -0.3 is 10.0 Å². The number of hydrogen-bond donors (Lipinski definition) is 1. The zero-order valence-electron chi connectivity index (χ0n) is 18.2. The molecule has 0 bridgehead atoms. The van der Waals surface area contributed by atoms with E-state index in [0.29, 0.717) is 11.1 Å². The third kappa shape index (κ3) is 4.35. The molecule has 0 atom stereocenters. The van der Waals surface area contributed by atoms with Gasteiger partial charge in [-0.05, 0) is 36.6 Å². The molecule has 0 aromatic carbocycles. The van der Waals surface area contributed by atoms with Crippen LogP contribution in [-0.4, -0.2) is 62.0 Å². The van der Waals surface area contributed by atoms with E-state index in [1.165, 1.54) is 21.8 Å². The molecule has 1 saturated heterocycles. The van der Waals surface area contributed by atoms with Gasteiger partial charge in [-0.15, -0.1) is 11.8 Å². The Labute approximate surface area is 196 Å². The molecule has 8 nitrogen and oxygen atoms in total. The summed E-state index contributed by atoms with van der Waals surface area (Å²) >= 11 is 1.70. The standard InChI is InChI=1S/C24H23N7OS/c1-33-21-4-3-19(26-14-21)15-29-6-8-30(9-7-29)23-5-2-17(12-27-23)22-10-20(32)16-31-24(22)18(11-25)13-28-31/h2-5,10,12-14,16,32H,6-9,15H2,1H3. The number of rotatable bonds is 5. The van der Waals surface area contributed by atoms with Gasteiger partial charge in [0.2, 0.25) is 0 Å². The van der Waals surface area contributed by atoms with Crippen LogP contribution >= 0.6 is 11.8 Å². The molecule has 1 aliphatic heterocycles. The van der Waals surface area contributed by atoms with E-state index in [2.05, 4.69) is 49.3 Å². The van der Waals surface area contributed by atoms with Crippen molar-refractivity contribution in [2.75, 3.05) is 37.3 Å². The molecule has 1 aliphatic rings. The zero-order valence-corrected chi connectivity index (χ0v) is 19.0. The first-order chi connectivity index (χ1) is 16.1. The van der Waals surface area contributed by atoms with E-state index < -0.39 is 0 Å². The molecule has 166 valence electrons. The van der Waals surface area contributed by atoms with Crippen molar-refractivity contribution >= 4 is 23.1 Å². The fraction of sp³-hybridized carbons (Fsp3) is 0.250. The van der Waals surface area contributed by atoms with Crippen LogP contribution in [0, 0.1) is 11.3 Å². The predicted molar refractivity (Wildman–Crippen MR) is 128 cm³/mol. The lowest BCUT2D eigenvalue weighted by atomic mass is 10.1. The topological polar surface area (TPSA) is 93.6 Å². The molecular formula is C24H23N7OS. The molecule has 9 heteroatoms. The van der Waals surface area contributed by atoms with Crippen LogP contribution < -0.4 is 4.90 Å². The average molecular weight is 458 g/mol. The van der Waals surface area contributed by atoms with Crippen molar-refractivity contribution in [3.8, 4) is 22.9 Å². The van der Waals surface area contributed by atoms with E-state index in [-0.39, 0.29) is 5.75 Å². The maximum Gasteiger partial charge on any atom is 0.134 e. The molecule has 0 unspecified atom stereocenters. The van der Waals surface area contributed by atoms with E-state index in [1.807, 2.05) is 18.3 Å². The van der Waals surface area contributed by atoms with Gasteiger partial charge in [0, 0.05) is 61.1 Å². The molecule has 0 aliphatic carbocycles. The minimum absolute atomic E-state index is 0.0860. The van der Waals surface area contributed by atoms with E-state index in [1.54, 1.807) is 24.0 Å². The SMILES string of the molecule is CSc1ccc(CN2CCN(c3ccc(-c4cc(O)cn5ncc(C#N)c45)cn3)CC2)nc1. The Morgan fingerprint density at radius 3 is 2.58 bits per heavy atom. The normalized spacial score (nSPS) is 14.5. The highest BCUT2D eigenvalue weighted by Crippen LogP contribution is 2.31. The molecule has 0 spiro atoms. The number of aromatic nitrogens is 4. The molecule has 0 amide bonds. The van der Waals surface area contributed by atoms with Crippen LogP contribution in [0.5, 0.6) is 5.75 Å². The Kier molecular flexibility index (Phi) is 5.86. The van der Waals surface area contributed by atoms with Gasteiger partial charge in [-0.1, -0.05) is 0 Å². The first-order valence-corrected chi connectivity index (χ1v) is 11.9. The number of aromatic hydroxyl groups is 1. The van der Waals surface area contributed by atoms with Gasteiger partial charge in [0.25, 0.3) is 0 Å². The molecule has 33 heavy (non-hydrogen) atoms. The lowest BCUT2D eigenvalue weighted by Crippen LogP contribution is -2.46.